The van der Waals surface area contributed by atoms with Gasteiger partial charge in [-0.15, -0.1) is 11.3 Å². The average molecular weight is 305 g/mol. The zero-order valence-electron chi connectivity index (χ0n) is 13.1. The van der Waals surface area contributed by atoms with Crippen molar-refractivity contribution in [2.45, 2.75) is 46.6 Å². The number of hydrogen-bond acceptors (Lipinski definition) is 4. The number of hydrogen-bond donors (Lipinski definition) is 2. The number of thiophene rings is 1. The van der Waals surface area contributed by atoms with Crippen LogP contribution in [0.3, 0.4) is 0 Å². The van der Waals surface area contributed by atoms with Crippen LogP contribution in [0.25, 0.3) is 10.2 Å². The van der Waals surface area contributed by atoms with E-state index in [4.69, 9.17) is 5.73 Å². The molecule has 0 aliphatic heterocycles. The lowest BCUT2D eigenvalue weighted by Crippen LogP contribution is -2.33. The van der Waals surface area contributed by atoms with Crippen molar-refractivity contribution in [2.75, 3.05) is 5.73 Å². The lowest BCUT2D eigenvalue weighted by Gasteiger charge is -2.17. The summed E-state index contributed by atoms with van der Waals surface area (Å²) < 4.78 is 0. The quantitative estimate of drug-likeness (QED) is 0.884. The minimum atomic E-state index is -0.0936. The third kappa shape index (κ3) is 3.53. The van der Waals surface area contributed by atoms with E-state index in [-0.39, 0.29) is 11.9 Å². The Morgan fingerprint density at radius 2 is 2.14 bits per heavy atom. The van der Waals surface area contributed by atoms with E-state index in [2.05, 4.69) is 24.1 Å². The van der Waals surface area contributed by atoms with Gasteiger partial charge in [0.1, 0.15) is 9.71 Å². The van der Waals surface area contributed by atoms with Crippen LogP contribution in [0.5, 0.6) is 0 Å². The number of nitrogen functional groups attached to an aromatic ring is 1. The third-order valence-electron chi connectivity index (χ3n) is 3.77. The van der Waals surface area contributed by atoms with Crippen LogP contribution in [0.15, 0.2) is 12.1 Å². The maximum absolute atomic E-state index is 12.4. The van der Waals surface area contributed by atoms with Crippen molar-refractivity contribution in [2.24, 2.45) is 5.92 Å². The molecular weight excluding hydrogens is 282 g/mol. The second kappa shape index (κ2) is 6.43. The van der Waals surface area contributed by atoms with Gasteiger partial charge in [0.15, 0.2) is 0 Å². The van der Waals surface area contributed by atoms with Crippen molar-refractivity contribution >= 4 is 33.1 Å². The van der Waals surface area contributed by atoms with Gasteiger partial charge in [-0.1, -0.05) is 20.3 Å². The SMILES string of the molecule is CCC(C)CC(C)NC(=O)c1sc2nc(C)ccc2c1N. The Morgan fingerprint density at radius 3 is 2.81 bits per heavy atom. The van der Waals surface area contributed by atoms with Crippen molar-refractivity contribution in [1.29, 1.82) is 0 Å². The van der Waals surface area contributed by atoms with Gasteiger partial charge in [0, 0.05) is 17.1 Å². The predicted molar refractivity (Wildman–Crippen MR) is 89.8 cm³/mol. The molecule has 5 heteroatoms. The third-order valence-corrected chi connectivity index (χ3v) is 4.88. The number of pyridine rings is 1. The van der Waals surface area contributed by atoms with Gasteiger partial charge in [0.05, 0.1) is 5.69 Å². The molecule has 21 heavy (non-hydrogen) atoms. The highest BCUT2D eigenvalue weighted by Gasteiger charge is 2.19. The number of nitrogens with zero attached hydrogens (tertiary/aromatic N) is 1. The smallest absolute Gasteiger partial charge is 0.263 e. The first-order valence-electron chi connectivity index (χ1n) is 7.38. The molecule has 4 nitrogen and oxygen atoms in total. The summed E-state index contributed by atoms with van der Waals surface area (Å²) in [6.07, 6.45) is 2.10. The van der Waals surface area contributed by atoms with Gasteiger partial charge in [-0.25, -0.2) is 4.98 Å². The van der Waals surface area contributed by atoms with Gasteiger partial charge in [0.2, 0.25) is 0 Å². The summed E-state index contributed by atoms with van der Waals surface area (Å²) in [6.45, 7) is 8.33. The van der Waals surface area contributed by atoms with E-state index in [1.807, 2.05) is 26.0 Å². The summed E-state index contributed by atoms with van der Waals surface area (Å²) in [7, 11) is 0. The van der Waals surface area contributed by atoms with Gasteiger partial charge in [0.25, 0.3) is 5.91 Å². The topological polar surface area (TPSA) is 68.0 Å². The molecule has 0 spiro atoms. The zero-order chi connectivity index (χ0) is 15.6. The van der Waals surface area contributed by atoms with E-state index in [0.717, 1.165) is 28.8 Å². The largest absolute Gasteiger partial charge is 0.397 e. The summed E-state index contributed by atoms with van der Waals surface area (Å²) >= 11 is 1.36. The van der Waals surface area contributed by atoms with Crippen molar-refractivity contribution in [3.05, 3.63) is 22.7 Å². The molecule has 114 valence electrons. The minimum Gasteiger partial charge on any atom is -0.397 e. The Hall–Kier alpha value is -1.62. The first-order chi connectivity index (χ1) is 9.92. The maximum atomic E-state index is 12.4. The lowest BCUT2D eigenvalue weighted by atomic mass is 10.0. The maximum Gasteiger partial charge on any atom is 0.263 e. The number of rotatable bonds is 5. The number of nitrogens with one attached hydrogen (secondary N) is 1. The molecule has 0 radical (unpaired) electrons. The molecule has 0 saturated carbocycles. The first-order valence-corrected chi connectivity index (χ1v) is 8.20. The molecule has 0 aliphatic rings. The molecule has 0 fully saturated rings. The number of aryl methyl sites for hydroxylation is 1. The highest BCUT2D eigenvalue weighted by molar-refractivity contribution is 7.21. The Bertz CT molecular complexity index is 650. The van der Waals surface area contributed by atoms with Crippen molar-refractivity contribution in [1.82, 2.24) is 10.3 Å². The number of carbonyl (C=O) groups excluding carboxylic acids is 1. The Balaban J connectivity index is 2.18. The molecule has 0 aliphatic carbocycles. The fourth-order valence-corrected chi connectivity index (χ4v) is 3.42. The van der Waals surface area contributed by atoms with Crippen LogP contribution in [0, 0.1) is 12.8 Å². The minimum absolute atomic E-state index is 0.0936. The van der Waals surface area contributed by atoms with Gasteiger partial charge < -0.3 is 11.1 Å². The number of amides is 1. The summed E-state index contributed by atoms with van der Waals surface area (Å²) in [5.74, 6) is 0.508. The molecule has 2 aromatic rings. The summed E-state index contributed by atoms with van der Waals surface area (Å²) in [6, 6.07) is 3.99. The molecule has 2 atom stereocenters. The first kappa shape index (κ1) is 15.8. The fraction of sp³-hybridized carbons (Fsp3) is 0.500. The van der Waals surface area contributed by atoms with Gasteiger partial charge in [-0.2, -0.15) is 0 Å². The van der Waals surface area contributed by atoms with Crippen LogP contribution in [-0.4, -0.2) is 16.9 Å². The monoisotopic (exact) mass is 305 g/mol. The highest BCUT2D eigenvalue weighted by Crippen LogP contribution is 2.32. The van der Waals surface area contributed by atoms with E-state index < -0.39 is 0 Å². The van der Waals surface area contributed by atoms with Crippen molar-refractivity contribution in [3.8, 4) is 0 Å². The van der Waals surface area contributed by atoms with Crippen molar-refractivity contribution < 1.29 is 4.79 Å². The molecule has 0 saturated heterocycles. The Labute approximate surface area is 129 Å². The molecule has 2 unspecified atom stereocenters. The molecular formula is C16H23N3OS. The average Bonchev–Trinajstić information content (AvgIpc) is 2.75. The van der Waals surface area contributed by atoms with E-state index in [1.54, 1.807) is 0 Å². The van der Waals surface area contributed by atoms with Crippen LogP contribution < -0.4 is 11.1 Å². The number of anilines is 1. The number of carbonyl (C=O) groups is 1. The molecule has 0 aromatic carbocycles. The normalized spacial score (nSPS) is 14.1. The lowest BCUT2D eigenvalue weighted by molar-refractivity contribution is 0.0940. The standard InChI is InChI=1S/C16H23N3OS/c1-5-9(2)8-11(4)18-15(20)14-13(17)12-7-6-10(3)19-16(12)21-14/h6-7,9,11H,5,8,17H2,1-4H3,(H,18,20). The summed E-state index contributed by atoms with van der Waals surface area (Å²) in [4.78, 5) is 18.2. The molecule has 2 rings (SSSR count). The van der Waals surface area contributed by atoms with Gasteiger partial charge >= 0.3 is 0 Å². The van der Waals surface area contributed by atoms with Crippen LogP contribution >= 0.6 is 11.3 Å². The molecule has 0 bridgehead atoms. The number of fused-ring (bicyclic) bond motifs is 1. The summed E-state index contributed by atoms with van der Waals surface area (Å²) in [5.41, 5.74) is 7.57. The van der Waals surface area contributed by atoms with Gasteiger partial charge in [-0.3, -0.25) is 4.79 Å². The van der Waals surface area contributed by atoms with Crippen LogP contribution in [-0.2, 0) is 0 Å². The van der Waals surface area contributed by atoms with E-state index in [1.165, 1.54) is 11.3 Å². The molecule has 2 heterocycles. The van der Waals surface area contributed by atoms with Crippen LogP contribution in [0.1, 0.15) is 49.0 Å². The van der Waals surface area contributed by atoms with Crippen LogP contribution in [0.4, 0.5) is 5.69 Å². The second-order valence-electron chi connectivity index (χ2n) is 5.77. The summed E-state index contributed by atoms with van der Waals surface area (Å²) in [5, 5.41) is 3.91. The number of nitrogens with two attached hydrogens (primary N) is 1. The predicted octanol–water partition coefficient (Wildman–Crippen LogP) is 3.74. The second-order valence-corrected chi connectivity index (χ2v) is 6.77. The van der Waals surface area contributed by atoms with E-state index in [0.29, 0.717) is 16.5 Å². The van der Waals surface area contributed by atoms with Crippen molar-refractivity contribution in [3.63, 3.8) is 0 Å². The zero-order valence-corrected chi connectivity index (χ0v) is 13.9. The molecule has 1 amide bonds. The highest BCUT2D eigenvalue weighted by atomic mass is 32.1. The Kier molecular flexibility index (Phi) is 4.83. The fourth-order valence-electron chi connectivity index (χ4n) is 2.38. The van der Waals surface area contributed by atoms with E-state index in [9.17, 15) is 4.79 Å². The Morgan fingerprint density at radius 1 is 1.43 bits per heavy atom. The molecule has 2 aromatic heterocycles. The number of aromatic nitrogens is 1. The van der Waals surface area contributed by atoms with Crippen LogP contribution in [0.2, 0.25) is 0 Å². The van der Waals surface area contributed by atoms with Gasteiger partial charge in [-0.05, 0) is 38.3 Å². The molecule has 3 N–H and O–H groups in total. The van der Waals surface area contributed by atoms with E-state index >= 15 is 0 Å².